The van der Waals surface area contributed by atoms with Crippen LogP contribution in [0.25, 0.3) is 0 Å². The fraction of sp³-hybridized carbons (Fsp3) is 0.500. The Balaban J connectivity index is 2.32. The highest BCUT2D eigenvalue weighted by molar-refractivity contribution is 5.88. The van der Waals surface area contributed by atoms with E-state index in [1.807, 2.05) is 38.1 Å². The molecule has 0 radical (unpaired) electrons. The van der Waals surface area contributed by atoms with E-state index in [1.54, 1.807) is 4.90 Å². The van der Waals surface area contributed by atoms with Gasteiger partial charge in [-0.05, 0) is 17.0 Å². The average molecular weight is 290 g/mol. The molecule has 5 heteroatoms. The van der Waals surface area contributed by atoms with E-state index in [4.69, 9.17) is 10.5 Å². The van der Waals surface area contributed by atoms with Crippen LogP contribution in [0.2, 0.25) is 0 Å². The van der Waals surface area contributed by atoms with Crippen LogP contribution in [0.3, 0.4) is 0 Å². The number of hydrogen-bond acceptors (Lipinski definition) is 4. The third kappa shape index (κ3) is 3.08. The molecule has 2 atom stereocenters. The molecule has 0 bridgehead atoms. The molecule has 1 aliphatic heterocycles. The van der Waals surface area contributed by atoms with E-state index in [-0.39, 0.29) is 11.8 Å². The number of nitrogens with two attached hydrogens (primary N) is 1. The summed E-state index contributed by atoms with van der Waals surface area (Å²) in [4.78, 5) is 26.2. The molecule has 0 saturated heterocycles. The molecule has 2 rings (SSSR count). The highest BCUT2D eigenvalue weighted by Gasteiger charge is 2.37. The van der Waals surface area contributed by atoms with Crippen LogP contribution < -0.4 is 5.73 Å². The second-order valence-corrected chi connectivity index (χ2v) is 5.75. The van der Waals surface area contributed by atoms with Crippen molar-refractivity contribution in [3.63, 3.8) is 0 Å². The predicted octanol–water partition coefficient (Wildman–Crippen LogP) is 1.10. The topological polar surface area (TPSA) is 72.6 Å². The number of rotatable bonds is 3. The van der Waals surface area contributed by atoms with Gasteiger partial charge in [0.15, 0.2) is 0 Å². The lowest BCUT2D eigenvalue weighted by Gasteiger charge is -2.37. The summed E-state index contributed by atoms with van der Waals surface area (Å²) in [5.41, 5.74) is 8.11. The molecule has 21 heavy (non-hydrogen) atoms. The van der Waals surface area contributed by atoms with Crippen molar-refractivity contribution in [1.29, 1.82) is 0 Å². The molecular formula is C16H22N2O3. The summed E-state index contributed by atoms with van der Waals surface area (Å²) in [7, 11) is 1.34. The molecule has 1 aromatic carbocycles. The summed E-state index contributed by atoms with van der Waals surface area (Å²) in [5, 5.41) is 0. The number of ether oxygens (including phenoxy) is 1. The first kappa shape index (κ1) is 15.5. The van der Waals surface area contributed by atoms with Gasteiger partial charge in [0.25, 0.3) is 0 Å². The van der Waals surface area contributed by atoms with E-state index in [9.17, 15) is 9.59 Å². The van der Waals surface area contributed by atoms with Crippen molar-refractivity contribution >= 4 is 11.9 Å². The number of benzene rings is 1. The first-order valence-corrected chi connectivity index (χ1v) is 7.16. The SMILES string of the molecule is COC(=O)[C@@H]1Cc2ccccc2CN1C(=O)[C@@H](N)C(C)C. The van der Waals surface area contributed by atoms with Crippen molar-refractivity contribution < 1.29 is 14.3 Å². The molecule has 2 N–H and O–H groups in total. The number of hydrogen-bond donors (Lipinski definition) is 1. The Morgan fingerprint density at radius 3 is 2.48 bits per heavy atom. The van der Waals surface area contributed by atoms with Gasteiger partial charge in [0.05, 0.1) is 13.2 Å². The van der Waals surface area contributed by atoms with Gasteiger partial charge in [-0.25, -0.2) is 4.79 Å². The van der Waals surface area contributed by atoms with Gasteiger partial charge in [-0.1, -0.05) is 38.1 Å². The van der Waals surface area contributed by atoms with Crippen LogP contribution in [0.15, 0.2) is 24.3 Å². The zero-order valence-electron chi connectivity index (χ0n) is 12.7. The Morgan fingerprint density at radius 1 is 1.29 bits per heavy atom. The molecule has 1 aliphatic rings. The Hall–Kier alpha value is -1.88. The maximum absolute atomic E-state index is 12.6. The van der Waals surface area contributed by atoms with Gasteiger partial charge in [0.1, 0.15) is 6.04 Å². The molecule has 0 saturated carbocycles. The second kappa shape index (κ2) is 6.26. The quantitative estimate of drug-likeness (QED) is 0.846. The lowest BCUT2D eigenvalue weighted by atomic mass is 9.92. The molecule has 0 aliphatic carbocycles. The van der Waals surface area contributed by atoms with Gasteiger partial charge in [-0.15, -0.1) is 0 Å². The minimum absolute atomic E-state index is 0.0213. The van der Waals surface area contributed by atoms with Gasteiger partial charge < -0.3 is 15.4 Å². The molecule has 0 spiro atoms. The van der Waals surface area contributed by atoms with E-state index in [1.165, 1.54) is 7.11 Å². The van der Waals surface area contributed by atoms with Gasteiger partial charge >= 0.3 is 5.97 Å². The van der Waals surface area contributed by atoms with Gasteiger partial charge in [-0.3, -0.25) is 4.79 Å². The summed E-state index contributed by atoms with van der Waals surface area (Å²) in [5.74, 6) is -0.573. The molecule has 1 heterocycles. The monoisotopic (exact) mass is 290 g/mol. The minimum Gasteiger partial charge on any atom is -0.467 e. The highest BCUT2D eigenvalue weighted by atomic mass is 16.5. The lowest BCUT2D eigenvalue weighted by Crippen LogP contribution is -2.55. The van der Waals surface area contributed by atoms with E-state index in [0.29, 0.717) is 13.0 Å². The third-order valence-electron chi connectivity index (χ3n) is 4.01. The van der Waals surface area contributed by atoms with Crippen LogP contribution in [0.4, 0.5) is 0 Å². The number of nitrogens with zero attached hydrogens (tertiary/aromatic N) is 1. The molecule has 1 amide bonds. The predicted molar refractivity (Wildman–Crippen MR) is 79.3 cm³/mol. The summed E-state index contributed by atoms with van der Waals surface area (Å²) < 4.78 is 4.85. The zero-order valence-corrected chi connectivity index (χ0v) is 12.7. The largest absolute Gasteiger partial charge is 0.467 e. The summed E-state index contributed by atoms with van der Waals surface area (Å²) in [6.45, 7) is 4.19. The molecule has 1 aromatic rings. The summed E-state index contributed by atoms with van der Waals surface area (Å²) >= 11 is 0. The Labute approximate surface area is 125 Å². The van der Waals surface area contributed by atoms with E-state index in [0.717, 1.165) is 11.1 Å². The van der Waals surface area contributed by atoms with Crippen LogP contribution in [-0.2, 0) is 27.3 Å². The van der Waals surface area contributed by atoms with Crippen molar-refractivity contribution in [1.82, 2.24) is 4.90 Å². The van der Waals surface area contributed by atoms with Crippen LogP contribution in [0.1, 0.15) is 25.0 Å². The number of amides is 1. The number of esters is 1. The minimum atomic E-state index is -0.609. The zero-order chi connectivity index (χ0) is 15.6. The van der Waals surface area contributed by atoms with Crippen LogP contribution >= 0.6 is 0 Å². The average Bonchev–Trinajstić information content (AvgIpc) is 2.51. The fourth-order valence-corrected chi connectivity index (χ4v) is 2.58. The lowest BCUT2D eigenvalue weighted by molar-refractivity contribution is -0.154. The van der Waals surface area contributed by atoms with Crippen molar-refractivity contribution in [3.8, 4) is 0 Å². The van der Waals surface area contributed by atoms with Gasteiger partial charge in [0, 0.05) is 13.0 Å². The third-order valence-corrected chi connectivity index (χ3v) is 4.01. The van der Waals surface area contributed by atoms with Crippen molar-refractivity contribution in [2.75, 3.05) is 7.11 Å². The maximum atomic E-state index is 12.6. The molecule has 0 fully saturated rings. The molecule has 0 unspecified atom stereocenters. The van der Waals surface area contributed by atoms with Gasteiger partial charge in [-0.2, -0.15) is 0 Å². The summed E-state index contributed by atoms with van der Waals surface area (Å²) in [6.07, 6.45) is 0.472. The maximum Gasteiger partial charge on any atom is 0.328 e. The molecule has 5 nitrogen and oxygen atoms in total. The molecule has 0 aromatic heterocycles. The number of carbonyl (C=O) groups excluding carboxylic acids is 2. The van der Waals surface area contributed by atoms with E-state index >= 15 is 0 Å². The van der Waals surface area contributed by atoms with Crippen molar-refractivity contribution in [3.05, 3.63) is 35.4 Å². The standard InChI is InChI=1S/C16H22N2O3/c1-10(2)14(17)15(19)18-9-12-7-5-4-6-11(12)8-13(18)16(20)21-3/h4-7,10,13-14H,8-9,17H2,1-3H3/t13-,14-/m0/s1. The van der Waals surface area contributed by atoms with E-state index < -0.39 is 18.1 Å². The highest BCUT2D eigenvalue weighted by Crippen LogP contribution is 2.25. The smallest absolute Gasteiger partial charge is 0.328 e. The summed E-state index contributed by atoms with van der Waals surface area (Å²) in [6, 6.07) is 6.62. The molecular weight excluding hydrogens is 268 g/mol. The van der Waals surface area contributed by atoms with Crippen LogP contribution in [0.5, 0.6) is 0 Å². The number of fused-ring (bicyclic) bond motifs is 1. The first-order valence-electron chi connectivity index (χ1n) is 7.16. The van der Waals surface area contributed by atoms with E-state index in [2.05, 4.69) is 0 Å². The number of methoxy groups -OCH3 is 1. The Kier molecular flexibility index (Phi) is 4.63. The van der Waals surface area contributed by atoms with Crippen molar-refractivity contribution in [2.45, 2.75) is 38.9 Å². The second-order valence-electron chi connectivity index (χ2n) is 5.75. The normalized spacial score (nSPS) is 19.1. The van der Waals surface area contributed by atoms with Gasteiger partial charge in [0.2, 0.25) is 5.91 Å². The van der Waals surface area contributed by atoms with Crippen LogP contribution in [-0.4, -0.2) is 36.0 Å². The Morgan fingerprint density at radius 2 is 1.90 bits per heavy atom. The van der Waals surface area contributed by atoms with Crippen LogP contribution in [0, 0.1) is 5.92 Å². The fourth-order valence-electron chi connectivity index (χ4n) is 2.58. The first-order chi connectivity index (χ1) is 9.95. The molecule has 114 valence electrons. The number of carbonyl (C=O) groups is 2. The van der Waals surface area contributed by atoms with Crippen molar-refractivity contribution in [2.24, 2.45) is 11.7 Å². The Bertz CT molecular complexity index is 542.